The van der Waals surface area contributed by atoms with Crippen LogP contribution in [0.1, 0.15) is 15.9 Å². The van der Waals surface area contributed by atoms with Crippen LogP contribution in [0.3, 0.4) is 0 Å². The van der Waals surface area contributed by atoms with E-state index in [1.165, 1.54) is 17.2 Å². The van der Waals surface area contributed by atoms with Gasteiger partial charge in [0.15, 0.2) is 0 Å². The summed E-state index contributed by atoms with van der Waals surface area (Å²) in [6.07, 6.45) is 0.646. The smallest absolute Gasteiger partial charge is 0.407 e. The van der Waals surface area contributed by atoms with Crippen LogP contribution in [-0.4, -0.2) is 58.1 Å². The molecule has 4 rings (SSSR count). The minimum atomic E-state index is -0.864. The molecule has 2 heterocycles. The van der Waals surface area contributed by atoms with Crippen molar-refractivity contribution in [1.82, 2.24) is 14.8 Å². The van der Waals surface area contributed by atoms with Crippen LogP contribution in [0, 0.1) is 0 Å². The van der Waals surface area contributed by atoms with Crippen molar-refractivity contribution in [2.24, 2.45) is 0 Å². The lowest BCUT2D eigenvalue weighted by molar-refractivity contribution is 0.102. The number of carbonyl (C=O) groups excluding carboxylic acids is 1. The Labute approximate surface area is 206 Å². The third-order valence-corrected chi connectivity index (χ3v) is 6.11. The highest BCUT2D eigenvalue weighted by atomic mass is 35.5. The first-order valence-corrected chi connectivity index (χ1v) is 11.3. The summed E-state index contributed by atoms with van der Waals surface area (Å²) < 4.78 is 5.80. The number of carboxylic acid groups (broad SMARTS) is 1. The number of nitrogens with one attached hydrogen (secondary N) is 1. The van der Waals surface area contributed by atoms with E-state index in [1.54, 1.807) is 24.3 Å². The number of nitrogens with zero attached hydrogens (tertiary/aromatic N) is 3. The summed E-state index contributed by atoms with van der Waals surface area (Å²) in [5.41, 5.74) is 2.02. The van der Waals surface area contributed by atoms with Gasteiger partial charge in [0, 0.05) is 44.4 Å². The standard InChI is InChI=1S/C24H22Cl2N4O4/c25-20-7-3-17(13-21(20)26)23(31)28-18-4-8-22(27-14-18)34-19-5-1-16(2-6-19)15-29-9-11-30(12-10-29)24(32)33/h1-8,13-14H,9-12,15H2,(H,28,31)(H,32,33). The van der Waals surface area contributed by atoms with E-state index >= 15 is 0 Å². The van der Waals surface area contributed by atoms with E-state index in [4.69, 9.17) is 33.0 Å². The lowest BCUT2D eigenvalue weighted by Gasteiger charge is -2.33. The molecular formula is C24H22Cl2N4O4. The average molecular weight is 501 g/mol. The number of piperazine rings is 1. The number of amides is 2. The van der Waals surface area contributed by atoms with Crippen molar-refractivity contribution in [2.45, 2.75) is 6.54 Å². The number of hydrogen-bond donors (Lipinski definition) is 2. The second kappa shape index (κ2) is 10.7. The first kappa shape index (κ1) is 23.8. The molecule has 0 bridgehead atoms. The number of aromatic nitrogens is 1. The number of anilines is 1. The maximum absolute atomic E-state index is 12.4. The quantitative estimate of drug-likeness (QED) is 0.481. The Morgan fingerprint density at radius 1 is 0.971 bits per heavy atom. The van der Waals surface area contributed by atoms with Crippen molar-refractivity contribution in [1.29, 1.82) is 0 Å². The molecule has 8 nitrogen and oxygen atoms in total. The first-order valence-electron chi connectivity index (χ1n) is 10.6. The molecule has 0 atom stereocenters. The van der Waals surface area contributed by atoms with Gasteiger partial charge < -0.3 is 20.1 Å². The number of carbonyl (C=O) groups is 2. The van der Waals surface area contributed by atoms with Crippen molar-refractivity contribution >= 4 is 40.9 Å². The van der Waals surface area contributed by atoms with Crippen LogP contribution in [0.2, 0.25) is 10.0 Å². The van der Waals surface area contributed by atoms with Gasteiger partial charge in [0.25, 0.3) is 5.91 Å². The first-order chi connectivity index (χ1) is 16.4. The molecule has 1 fully saturated rings. The third-order valence-electron chi connectivity index (χ3n) is 5.37. The van der Waals surface area contributed by atoms with E-state index in [1.807, 2.05) is 24.3 Å². The summed E-state index contributed by atoms with van der Waals surface area (Å²) >= 11 is 11.9. The molecule has 10 heteroatoms. The summed E-state index contributed by atoms with van der Waals surface area (Å²) in [5.74, 6) is 0.707. The van der Waals surface area contributed by atoms with Crippen molar-refractivity contribution in [3.63, 3.8) is 0 Å². The van der Waals surface area contributed by atoms with Crippen molar-refractivity contribution in [2.75, 3.05) is 31.5 Å². The predicted molar refractivity (Wildman–Crippen MR) is 130 cm³/mol. The van der Waals surface area contributed by atoms with E-state index < -0.39 is 6.09 Å². The van der Waals surface area contributed by atoms with Crippen LogP contribution in [0.5, 0.6) is 11.6 Å². The van der Waals surface area contributed by atoms with Gasteiger partial charge in [-0.3, -0.25) is 9.69 Å². The average Bonchev–Trinajstić information content (AvgIpc) is 2.83. The molecule has 1 aliphatic rings. The highest BCUT2D eigenvalue weighted by Crippen LogP contribution is 2.24. The maximum atomic E-state index is 12.4. The molecule has 2 amide bonds. The topological polar surface area (TPSA) is 95.0 Å². The van der Waals surface area contributed by atoms with Gasteiger partial charge in [0.1, 0.15) is 5.75 Å². The van der Waals surface area contributed by atoms with Crippen LogP contribution in [0.25, 0.3) is 0 Å². The lowest BCUT2D eigenvalue weighted by atomic mass is 10.2. The molecule has 0 spiro atoms. The van der Waals surface area contributed by atoms with E-state index in [0.717, 1.165) is 12.1 Å². The van der Waals surface area contributed by atoms with Gasteiger partial charge in [-0.25, -0.2) is 9.78 Å². The van der Waals surface area contributed by atoms with Crippen LogP contribution in [0.15, 0.2) is 60.8 Å². The van der Waals surface area contributed by atoms with Gasteiger partial charge in [-0.15, -0.1) is 0 Å². The van der Waals surface area contributed by atoms with Crippen LogP contribution < -0.4 is 10.1 Å². The highest BCUT2D eigenvalue weighted by Gasteiger charge is 2.20. The van der Waals surface area contributed by atoms with Crippen molar-refractivity contribution in [3.05, 3.63) is 82.0 Å². The van der Waals surface area contributed by atoms with Crippen molar-refractivity contribution in [3.8, 4) is 11.6 Å². The highest BCUT2D eigenvalue weighted by molar-refractivity contribution is 6.42. The van der Waals surface area contributed by atoms with E-state index in [9.17, 15) is 9.59 Å². The van der Waals surface area contributed by atoms with Crippen molar-refractivity contribution < 1.29 is 19.4 Å². The Morgan fingerprint density at radius 2 is 1.71 bits per heavy atom. The Bertz CT molecular complexity index is 1160. The van der Waals surface area contributed by atoms with Gasteiger partial charge >= 0.3 is 6.09 Å². The molecule has 176 valence electrons. The Balaban J connectivity index is 1.29. The van der Waals surface area contributed by atoms with Gasteiger partial charge in [-0.05, 0) is 42.0 Å². The third kappa shape index (κ3) is 6.17. The minimum Gasteiger partial charge on any atom is -0.465 e. The van der Waals surface area contributed by atoms with Gasteiger partial charge in [-0.1, -0.05) is 35.3 Å². The van der Waals surface area contributed by atoms with Gasteiger partial charge in [0.05, 0.1) is 21.9 Å². The second-order valence-corrected chi connectivity index (χ2v) is 8.57. The number of benzene rings is 2. The number of ether oxygens (including phenoxy) is 1. The lowest BCUT2D eigenvalue weighted by Crippen LogP contribution is -2.47. The molecule has 1 aromatic heterocycles. The fraction of sp³-hybridized carbons (Fsp3) is 0.208. The summed E-state index contributed by atoms with van der Waals surface area (Å²) in [6.45, 7) is 3.21. The maximum Gasteiger partial charge on any atom is 0.407 e. The van der Waals surface area contributed by atoms with Gasteiger partial charge in [-0.2, -0.15) is 0 Å². The zero-order valence-corrected chi connectivity index (χ0v) is 19.6. The van der Waals surface area contributed by atoms with Crippen LogP contribution in [0.4, 0.5) is 10.5 Å². The molecule has 3 aromatic rings. The normalized spacial score (nSPS) is 14.0. The van der Waals surface area contributed by atoms with Crippen LogP contribution in [-0.2, 0) is 6.54 Å². The second-order valence-electron chi connectivity index (χ2n) is 7.76. The number of hydrogen-bond acceptors (Lipinski definition) is 5. The Hall–Kier alpha value is -3.33. The molecule has 34 heavy (non-hydrogen) atoms. The molecule has 2 aromatic carbocycles. The number of pyridine rings is 1. The fourth-order valence-electron chi connectivity index (χ4n) is 3.49. The summed E-state index contributed by atoms with van der Waals surface area (Å²) in [6, 6.07) is 15.7. The summed E-state index contributed by atoms with van der Waals surface area (Å²) in [7, 11) is 0. The van der Waals surface area contributed by atoms with E-state index in [0.29, 0.717) is 59.1 Å². The van der Waals surface area contributed by atoms with E-state index in [-0.39, 0.29) is 5.91 Å². The predicted octanol–water partition coefficient (Wildman–Crippen LogP) is 5.23. The minimum absolute atomic E-state index is 0.308. The largest absolute Gasteiger partial charge is 0.465 e. The monoisotopic (exact) mass is 500 g/mol. The molecule has 0 aliphatic carbocycles. The number of halogens is 2. The molecule has 0 radical (unpaired) electrons. The molecule has 0 saturated carbocycles. The van der Waals surface area contributed by atoms with Crippen LogP contribution >= 0.6 is 23.2 Å². The summed E-state index contributed by atoms with van der Waals surface area (Å²) in [4.78, 5) is 31.3. The zero-order chi connectivity index (χ0) is 24.1. The number of rotatable bonds is 6. The van der Waals surface area contributed by atoms with E-state index in [2.05, 4.69) is 15.2 Å². The molecule has 1 aliphatic heterocycles. The zero-order valence-electron chi connectivity index (χ0n) is 18.1. The molecule has 2 N–H and O–H groups in total. The molecular weight excluding hydrogens is 479 g/mol. The Morgan fingerprint density at radius 3 is 2.32 bits per heavy atom. The fourth-order valence-corrected chi connectivity index (χ4v) is 3.79. The molecule has 1 saturated heterocycles. The summed E-state index contributed by atoms with van der Waals surface area (Å²) in [5, 5.41) is 12.5. The Kier molecular flexibility index (Phi) is 7.52. The van der Waals surface area contributed by atoms with Gasteiger partial charge in [0.2, 0.25) is 5.88 Å². The SMILES string of the molecule is O=C(Nc1ccc(Oc2ccc(CN3CCN(C(=O)O)CC3)cc2)nc1)c1ccc(Cl)c(Cl)c1. The molecule has 0 unspecified atom stereocenters.